The zero-order chi connectivity index (χ0) is 17.0. The molecule has 0 radical (unpaired) electrons. The van der Waals surface area contributed by atoms with Gasteiger partial charge in [0.2, 0.25) is 5.91 Å². The standard InChI is InChI=1S/C17H29N5OS/c1-3-14(15(23)20-16-19-9-12-24-16)22-11-4-10-21(2)17(13-22)5-7-18-8-6-17/h9,12,14,18H,3-8,10-11,13H2,1-2H3,(H,19,20,23)/t14-/m1/s1. The fourth-order valence-electron chi connectivity index (χ4n) is 4.11. The number of nitrogens with zero attached hydrogens (tertiary/aromatic N) is 3. The molecule has 2 aliphatic heterocycles. The van der Waals surface area contributed by atoms with E-state index in [1.165, 1.54) is 11.3 Å². The lowest BCUT2D eigenvalue weighted by Crippen LogP contribution is -2.59. The molecule has 0 saturated carbocycles. The normalized spacial score (nSPS) is 23.8. The lowest BCUT2D eigenvalue weighted by Gasteiger charge is -2.46. The SMILES string of the molecule is CC[C@H](C(=O)Nc1nccs1)N1CCCN(C)C2(CCNCC2)C1. The van der Waals surface area contributed by atoms with Gasteiger partial charge in [0, 0.05) is 30.2 Å². The van der Waals surface area contributed by atoms with Gasteiger partial charge in [-0.05, 0) is 52.4 Å². The van der Waals surface area contributed by atoms with Gasteiger partial charge in [0.15, 0.2) is 5.13 Å². The summed E-state index contributed by atoms with van der Waals surface area (Å²) in [5, 5.41) is 9.06. The van der Waals surface area contributed by atoms with Gasteiger partial charge in [0.25, 0.3) is 0 Å². The number of likely N-dealkylation sites (N-methyl/N-ethyl adjacent to an activating group) is 1. The van der Waals surface area contributed by atoms with Crippen LogP contribution in [-0.2, 0) is 4.79 Å². The van der Waals surface area contributed by atoms with Gasteiger partial charge < -0.3 is 10.6 Å². The highest BCUT2D eigenvalue weighted by molar-refractivity contribution is 7.13. The number of carbonyl (C=O) groups excluding carboxylic acids is 1. The van der Waals surface area contributed by atoms with E-state index in [-0.39, 0.29) is 17.5 Å². The summed E-state index contributed by atoms with van der Waals surface area (Å²) in [7, 11) is 2.26. The zero-order valence-corrected chi connectivity index (χ0v) is 15.6. The molecule has 0 unspecified atom stereocenters. The maximum absolute atomic E-state index is 12.8. The second kappa shape index (κ2) is 7.91. The van der Waals surface area contributed by atoms with Crippen LogP contribution in [0.4, 0.5) is 5.13 Å². The molecule has 3 heterocycles. The molecule has 0 aromatic carbocycles. The number of nitrogens with one attached hydrogen (secondary N) is 2. The van der Waals surface area contributed by atoms with Crippen molar-refractivity contribution in [2.24, 2.45) is 0 Å². The summed E-state index contributed by atoms with van der Waals surface area (Å²) in [6, 6.07) is -0.0767. The van der Waals surface area contributed by atoms with Crippen molar-refractivity contribution in [2.45, 2.75) is 44.2 Å². The van der Waals surface area contributed by atoms with Crippen LogP contribution in [0.1, 0.15) is 32.6 Å². The van der Waals surface area contributed by atoms with Crippen molar-refractivity contribution >= 4 is 22.4 Å². The highest BCUT2D eigenvalue weighted by Gasteiger charge is 2.41. The van der Waals surface area contributed by atoms with Crippen LogP contribution >= 0.6 is 11.3 Å². The molecule has 2 aliphatic rings. The average Bonchev–Trinajstić information content (AvgIpc) is 3.03. The fraction of sp³-hybridized carbons (Fsp3) is 0.765. The summed E-state index contributed by atoms with van der Waals surface area (Å²) in [6.07, 6.45) is 5.99. The molecule has 1 spiro atoms. The van der Waals surface area contributed by atoms with Gasteiger partial charge in [-0.3, -0.25) is 14.6 Å². The Hall–Kier alpha value is -1.02. The van der Waals surface area contributed by atoms with Crippen LogP contribution in [0, 0.1) is 0 Å². The van der Waals surface area contributed by atoms with E-state index < -0.39 is 0 Å². The molecule has 0 bridgehead atoms. The minimum absolute atomic E-state index is 0.0767. The Labute approximate surface area is 148 Å². The molecule has 24 heavy (non-hydrogen) atoms. The van der Waals surface area contributed by atoms with Crippen LogP contribution in [0.5, 0.6) is 0 Å². The monoisotopic (exact) mass is 351 g/mol. The lowest BCUT2D eigenvalue weighted by molar-refractivity contribution is -0.122. The van der Waals surface area contributed by atoms with Gasteiger partial charge in [-0.15, -0.1) is 11.3 Å². The summed E-state index contributed by atoms with van der Waals surface area (Å²) in [4.78, 5) is 21.9. The van der Waals surface area contributed by atoms with Crippen molar-refractivity contribution in [3.8, 4) is 0 Å². The summed E-state index contributed by atoms with van der Waals surface area (Å²) in [5.74, 6) is 0.0843. The van der Waals surface area contributed by atoms with Crippen molar-refractivity contribution in [3.63, 3.8) is 0 Å². The van der Waals surface area contributed by atoms with Crippen LogP contribution in [0.3, 0.4) is 0 Å². The van der Waals surface area contributed by atoms with Crippen molar-refractivity contribution < 1.29 is 4.79 Å². The molecule has 134 valence electrons. The van der Waals surface area contributed by atoms with E-state index in [0.717, 1.165) is 58.4 Å². The predicted octanol–water partition coefficient (Wildman–Crippen LogP) is 1.62. The molecule has 1 amide bonds. The summed E-state index contributed by atoms with van der Waals surface area (Å²) in [6.45, 7) is 7.33. The molecule has 2 N–H and O–H groups in total. The molecule has 1 atom stereocenters. The van der Waals surface area contributed by atoms with E-state index in [9.17, 15) is 4.79 Å². The first-order valence-corrected chi connectivity index (χ1v) is 9.89. The number of amides is 1. The molecule has 6 nitrogen and oxygen atoms in total. The smallest absolute Gasteiger partial charge is 0.243 e. The van der Waals surface area contributed by atoms with E-state index in [1.807, 2.05) is 5.38 Å². The zero-order valence-electron chi connectivity index (χ0n) is 14.8. The van der Waals surface area contributed by atoms with E-state index in [4.69, 9.17) is 0 Å². The Morgan fingerprint density at radius 1 is 1.46 bits per heavy atom. The van der Waals surface area contributed by atoms with E-state index >= 15 is 0 Å². The molecule has 1 aromatic rings. The molecule has 3 rings (SSSR count). The molecule has 7 heteroatoms. The molecule has 2 saturated heterocycles. The summed E-state index contributed by atoms with van der Waals surface area (Å²) in [5.41, 5.74) is 0.205. The van der Waals surface area contributed by atoms with Gasteiger partial charge in [0.1, 0.15) is 0 Å². The first-order chi connectivity index (χ1) is 11.6. The minimum Gasteiger partial charge on any atom is -0.317 e. The Kier molecular flexibility index (Phi) is 5.86. The third-order valence-electron chi connectivity index (χ3n) is 5.57. The number of hydrogen-bond donors (Lipinski definition) is 2. The maximum Gasteiger partial charge on any atom is 0.243 e. The van der Waals surface area contributed by atoms with Crippen molar-refractivity contribution in [2.75, 3.05) is 45.1 Å². The predicted molar refractivity (Wildman–Crippen MR) is 98.5 cm³/mol. The first-order valence-electron chi connectivity index (χ1n) is 9.01. The quantitative estimate of drug-likeness (QED) is 0.863. The Balaban J connectivity index is 1.73. The van der Waals surface area contributed by atoms with Crippen LogP contribution in [0.2, 0.25) is 0 Å². The second-order valence-corrected chi connectivity index (χ2v) is 7.87. The molecule has 2 fully saturated rings. The molecular weight excluding hydrogens is 322 g/mol. The van der Waals surface area contributed by atoms with Gasteiger partial charge in [-0.2, -0.15) is 0 Å². The molecular formula is C17H29N5OS. The second-order valence-electron chi connectivity index (χ2n) is 6.97. The van der Waals surface area contributed by atoms with Gasteiger partial charge in [-0.1, -0.05) is 6.92 Å². The fourth-order valence-corrected chi connectivity index (χ4v) is 4.64. The Morgan fingerprint density at radius 3 is 2.92 bits per heavy atom. The van der Waals surface area contributed by atoms with Crippen LogP contribution in [0.15, 0.2) is 11.6 Å². The van der Waals surface area contributed by atoms with E-state index in [2.05, 4.69) is 39.4 Å². The number of hydrogen-bond acceptors (Lipinski definition) is 6. The number of carbonyl (C=O) groups is 1. The lowest BCUT2D eigenvalue weighted by atomic mass is 9.86. The average molecular weight is 352 g/mol. The first kappa shape index (κ1) is 17.8. The van der Waals surface area contributed by atoms with Crippen molar-refractivity contribution in [1.82, 2.24) is 20.1 Å². The summed E-state index contributed by atoms with van der Waals surface area (Å²) >= 11 is 1.47. The third kappa shape index (κ3) is 3.79. The number of piperidine rings is 1. The number of aromatic nitrogens is 1. The molecule has 0 aliphatic carbocycles. The highest BCUT2D eigenvalue weighted by atomic mass is 32.1. The van der Waals surface area contributed by atoms with Crippen LogP contribution in [-0.4, -0.2) is 72.0 Å². The van der Waals surface area contributed by atoms with Gasteiger partial charge in [0.05, 0.1) is 6.04 Å². The summed E-state index contributed by atoms with van der Waals surface area (Å²) < 4.78 is 0. The third-order valence-corrected chi connectivity index (χ3v) is 6.26. The number of anilines is 1. The highest BCUT2D eigenvalue weighted by Crippen LogP contribution is 2.30. The van der Waals surface area contributed by atoms with Crippen molar-refractivity contribution in [3.05, 3.63) is 11.6 Å². The topological polar surface area (TPSA) is 60.5 Å². The Morgan fingerprint density at radius 2 is 2.25 bits per heavy atom. The molecule has 1 aromatic heterocycles. The number of rotatable bonds is 4. The van der Waals surface area contributed by atoms with Gasteiger partial charge >= 0.3 is 0 Å². The van der Waals surface area contributed by atoms with E-state index in [0.29, 0.717) is 5.13 Å². The largest absolute Gasteiger partial charge is 0.317 e. The van der Waals surface area contributed by atoms with Crippen molar-refractivity contribution in [1.29, 1.82) is 0 Å². The van der Waals surface area contributed by atoms with E-state index in [1.54, 1.807) is 6.20 Å². The minimum atomic E-state index is -0.0767. The van der Waals surface area contributed by atoms with Crippen LogP contribution < -0.4 is 10.6 Å². The van der Waals surface area contributed by atoms with Crippen LogP contribution in [0.25, 0.3) is 0 Å². The van der Waals surface area contributed by atoms with Gasteiger partial charge in [-0.25, -0.2) is 4.98 Å². The Bertz CT molecular complexity index is 529. The maximum atomic E-state index is 12.8. The number of thiazole rings is 1.